The van der Waals surface area contributed by atoms with Crippen molar-refractivity contribution in [1.29, 1.82) is 0 Å². The van der Waals surface area contributed by atoms with Crippen molar-refractivity contribution < 1.29 is 4.74 Å². The fourth-order valence-electron chi connectivity index (χ4n) is 1.94. The number of rotatable bonds is 3. The molecule has 4 heteroatoms. The lowest BCUT2D eigenvalue weighted by Crippen LogP contribution is -2.26. The molecule has 0 saturated carbocycles. The molecule has 1 aliphatic rings. The maximum absolute atomic E-state index is 5.89. The third-order valence-electron chi connectivity index (χ3n) is 2.66. The van der Waals surface area contributed by atoms with Crippen LogP contribution in [-0.4, -0.2) is 30.2 Å². The van der Waals surface area contributed by atoms with Crippen molar-refractivity contribution in [3.8, 4) is 5.75 Å². The second-order valence-corrected chi connectivity index (χ2v) is 4.54. The summed E-state index contributed by atoms with van der Waals surface area (Å²) in [5, 5.41) is 0. The summed E-state index contributed by atoms with van der Waals surface area (Å²) in [5.74, 6) is 0.827. The minimum absolute atomic E-state index is 0.179. The number of nitrogens with two attached hydrogens (primary N) is 1. The van der Waals surface area contributed by atoms with E-state index < -0.39 is 0 Å². The molecule has 0 amide bonds. The normalized spacial score (nSPS) is 20.5. The maximum atomic E-state index is 5.89. The van der Waals surface area contributed by atoms with Crippen LogP contribution in [0, 0.1) is 0 Å². The van der Waals surface area contributed by atoms with Gasteiger partial charge in [0.05, 0.1) is 24.2 Å². The lowest BCUT2D eigenvalue weighted by atomic mass is 10.3. The predicted molar refractivity (Wildman–Crippen MR) is 64.8 cm³/mol. The van der Waals surface area contributed by atoms with E-state index in [0.29, 0.717) is 0 Å². The zero-order chi connectivity index (χ0) is 11.5. The van der Waals surface area contributed by atoms with E-state index in [1.54, 1.807) is 6.20 Å². The molecule has 0 bridgehead atoms. The second kappa shape index (κ2) is 4.70. The van der Waals surface area contributed by atoms with Gasteiger partial charge in [0.2, 0.25) is 0 Å². The van der Waals surface area contributed by atoms with Crippen molar-refractivity contribution in [2.24, 2.45) is 5.73 Å². The van der Waals surface area contributed by atoms with Crippen LogP contribution in [0.15, 0.2) is 18.5 Å². The Kier molecular flexibility index (Phi) is 3.29. The summed E-state index contributed by atoms with van der Waals surface area (Å²) in [4.78, 5) is 6.45. The number of aromatic nitrogens is 1. The van der Waals surface area contributed by atoms with Crippen LogP contribution in [0.1, 0.15) is 20.3 Å². The summed E-state index contributed by atoms with van der Waals surface area (Å²) in [6, 6.07) is 2.32. The van der Waals surface area contributed by atoms with Gasteiger partial charge < -0.3 is 15.4 Å². The molecule has 1 unspecified atom stereocenters. The Balaban J connectivity index is 2.09. The molecule has 2 N–H and O–H groups in total. The molecule has 0 spiro atoms. The average molecular weight is 221 g/mol. The lowest BCUT2D eigenvalue weighted by Gasteiger charge is -2.18. The minimum Gasteiger partial charge on any atom is -0.489 e. The zero-order valence-corrected chi connectivity index (χ0v) is 9.89. The zero-order valence-electron chi connectivity index (χ0n) is 9.89. The molecular weight excluding hydrogens is 202 g/mol. The molecule has 0 aromatic carbocycles. The van der Waals surface area contributed by atoms with Crippen molar-refractivity contribution in [3.05, 3.63) is 18.5 Å². The fourth-order valence-corrected chi connectivity index (χ4v) is 1.94. The van der Waals surface area contributed by atoms with E-state index in [9.17, 15) is 0 Å². The summed E-state index contributed by atoms with van der Waals surface area (Å²) in [7, 11) is 0. The van der Waals surface area contributed by atoms with Crippen LogP contribution >= 0.6 is 0 Å². The van der Waals surface area contributed by atoms with E-state index in [-0.39, 0.29) is 12.1 Å². The Hall–Kier alpha value is -1.29. The first-order chi connectivity index (χ1) is 7.65. The van der Waals surface area contributed by atoms with Gasteiger partial charge in [-0.25, -0.2) is 0 Å². The Morgan fingerprint density at radius 2 is 2.31 bits per heavy atom. The molecule has 1 atom stereocenters. The number of ether oxygens (including phenoxy) is 1. The van der Waals surface area contributed by atoms with Crippen LogP contribution in [0.3, 0.4) is 0 Å². The molecule has 2 heterocycles. The summed E-state index contributed by atoms with van der Waals surface area (Å²) in [5.41, 5.74) is 6.99. The van der Waals surface area contributed by atoms with Crippen LogP contribution in [0.2, 0.25) is 0 Å². The molecule has 88 valence electrons. The molecule has 1 fully saturated rings. The molecule has 2 rings (SSSR count). The quantitative estimate of drug-likeness (QED) is 0.838. The van der Waals surface area contributed by atoms with Crippen molar-refractivity contribution in [3.63, 3.8) is 0 Å². The van der Waals surface area contributed by atoms with Crippen molar-refractivity contribution in [2.75, 3.05) is 18.0 Å². The van der Waals surface area contributed by atoms with Crippen molar-refractivity contribution in [1.82, 2.24) is 4.98 Å². The topological polar surface area (TPSA) is 51.4 Å². The number of pyridine rings is 1. The van der Waals surface area contributed by atoms with Crippen LogP contribution in [-0.2, 0) is 0 Å². The first-order valence-corrected chi connectivity index (χ1v) is 5.77. The standard InChI is InChI=1S/C12H19N3O/c1-9(2)16-12-5-11(6-14-7-12)15-4-3-10(13)8-15/h5-7,9-10H,3-4,8,13H2,1-2H3. The minimum atomic E-state index is 0.179. The van der Waals surface area contributed by atoms with E-state index in [1.165, 1.54) is 0 Å². The van der Waals surface area contributed by atoms with Gasteiger partial charge in [-0.2, -0.15) is 0 Å². The molecule has 0 radical (unpaired) electrons. The van der Waals surface area contributed by atoms with Gasteiger partial charge >= 0.3 is 0 Å². The van der Waals surface area contributed by atoms with Gasteiger partial charge in [0.1, 0.15) is 5.75 Å². The highest BCUT2D eigenvalue weighted by molar-refractivity contribution is 5.49. The van der Waals surface area contributed by atoms with E-state index in [0.717, 1.165) is 30.9 Å². The van der Waals surface area contributed by atoms with Crippen LogP contribution in [0.25, 0.3) is 0 Å². The molecule has 16 heavy (non-hydrogen) atoms. The first kappa shape index (κ1) is 11.2. The molecular formula is C12H19N3O. The Bertz CT molecular complexity index is 354. The Morgan fingerprint density at radius 1 is 1.50 bits per heavy atom. The SMILES string of the molecule is CC(C)Oc1cncc(N2CCC(N)C2)c1. The Labute approximate surface area is 96.4 Å². The first-order valence-electron chi connectivity index (χ1n) is 5.77. The average Bonchev–Trinajstić information content (AvgIpc) is 2.64. The number of hydrogen-bond acceptors (Lipinski definition) is 4. The molecule has 1 aromatic heterocycles. The van der Waals surface area contributed by atoms with Crippen LogP contribution in [0.4, 0.5) is 5.69 Å². The Morgan fingerprint density at radius 3 is 2.94 bits per heavy atom. The van der Waals surface area contributed by atoms with Gasteiger partial charge in [0.15, 0.2) is 0 Å². The maximum Gasteiger partial charge on any atom is 0.140 e. The van der Waals surface area contributed by atoms with Crippen LogP contribution in [0.5, 0.6) is 5.75 Å². The van der Waals surface area contributed by atoms with E-state index in [4.69, 9.17) is 10.5 Å². The van der Waals surface area contributed by atoms with Crippen molar-refractivity contribution >= 4 is 5.69 Å². The third-order valence-corrected chi connectivity index (χ3v) is 2.66. The largest absolute Gasteiger partial charge is 0.489 e. The summed E-state index contributed by atoms with van der Waals surface area (Å²) < 4.78 is 5.62. The molecule has 4 nitrogen and oxygen atoms in total. The van der Waals surface area contributed by atoms with Crippen molar-refractivity contribution in [2.45, 2.75) is 32.4 Å². The van der Waals surface area contributed by atoms with E-state index >= 15 is 0 Å². The van der Waals surface area contributed by atoms with Gasteiger partial charge in [0.25, 0.3) is 0 Å². The summed E-state index contributed by atoms with van der Waals surface area (Å²) in [6.07, 6.45) is 4.85. The highest BCUT2D eigenvalue weighted by Crippen LogP contribution is 2.23. The number of nitrogens with zero attached hydrogens (tertiary/aromatic N) is 2. The van der Waals surface area contributed by atoms with E-state index in [2.05, 4.69) is 9.88 Å². The van der Waals surface area contributed by atoms with Gasteiger partial charge in [-0.05, 0) is 20.3 Å². The second-order valence-electron chi connectivity index (χ2n) is 4.54. The molecule has 1 aliphatic heterocycles. The van der Waals surface area contributed by atoms with Crippen LogP contribution < -0.4 is 15.4 Å². The molecule has 1 aromatic rings. The van der Waals surface area contributed by atoms with Gasteiger partial charge in [-0.1, -0.05) is 0 Å². The monoisotopic (exact) mass is 221 g/mol. The fraction of sp³-hybridized carbons (Fsp3) is 0.583. The van der Waals surface area contributed by atoms with Gasteiger partial charge in [0, 0.05) is 25.2 Å². The van der Waals surface area contributed by atoms with E-state index in [1.807, 2.05) is 26.1 Å². The molecule has 1 saturated heterocycles. The third kappa shape index (κ3) is 2.64. The summed E-state index contributed by atoms with van der Waals surface area (Å²) in [6.45, 7) is 5.94. The summed E-state index contributed by atoms with van der Waals surface area (Å²) >= 11 is 0. The molecule has 0 aliphatic carbocycles. The van der Waals surface area contributed by atoms with Gasteiger partial charge in [-0.15, -0.1) is 0 Å². The smallest absolute Gasteiger partial charge is 0.140 e. The lowest BCUT2D eigenvalue weighted by molar-refractivity contribution is 0.241. The highest BCUT2D eigenvalue weighted by atomic mass is 16.5. The number of hydrogen-bond donors (Lipinski definition) is 1. The number of anilines is 1. The van der Waals surface area contributed by atoms with Gasteiger partial charge in [-0.3, -0.25) is 4.98 Å². The highest BCUT2D eigenvalue weighted by Gasteiger charge is 2.19. The predicted octanol–water partition coefficient (Wildman–Crippen LogP) is 1.41.